The van der Waals surface area contributed by atoms with Crippen LogP contribution in [0.1, 0.15) is 23.7 Å². The molecule has 17 heavy (non-hydrogen) atoms. The third-order valence-electron chi connectivity index (χ3n) is 3.83. The molecule has 0 bridgehead atoms. The maximum atomic E-state index is 4.57. The number of nitrogens with zero attached hydrogens (tertiary/aromatic N) is 2. The standard InChI is InChI=1S/C14H13N3/c1-2-4-11-10(3-1)13-12(17-11)6-5-9-7-15-8-16-14(9)13/h1-4,7-9,14,17H,5-6H2. The highest BCUT2D eigenvalue weighted by Crippen LogP contribution is 2.41. The molecule has 3 heteroatoms. The largest absolute Gasteiger partial charge is 0.358 e. The van der Waals surface area contributed by atoms with Crippen molar-refractivity contribution in [2.75, 3.05) is 0 Å². The highest BCUT2D eigenvalue weighted by Gasteiger charge is 2.31. The normalized spacial score (nSPS) is 25.9. The number of aromatic nitrogens is 1. The molecule has 84 valence electrons. The summed E-state index contributed by atoms with van der Waals surface area (Å²) in [4.78, 5) is 12.3. The van der Waals surface area contributed by atoms with Crippen LogP contribution in [0.3, 0.4) is 0 Å². The summed E-state index contributed by atoms with van der Waals surface area (Å²) < 4.78 is 0. The monoisotopic (exact) mass is 223 g/mol. The van der Waals surface area contributed by atoms with Gasteiger partial charge in [0, 0.05) is 34.3 Å². The Morgan fingerprint density at radius 2 is 2.18 bits per heavy atom. The van der Waals surface area contributed by atoms with Crippen LogP contribution in [0.5, 0.6) is 0 Å². The van der Waals surface area contributed by atoms with E-state index in [0.717, 1.165) is 12.8 Å². The van der Waals surface area contributed by atoms with E-state index in [9.17, 15) is 0 Å². The van der Waals surface area contributed by atoms with Crippen LogP contribution < -0.4 is 0 Å². The first-order chi connectivity index (χ1) is 8.43. The van der Waals surface area contributed by atoms with Crippen LogP contribution in [-0.4, -0.2) is 17.5 Å². The van der Waals surface area contributed by atoms with Crippen molar-refractivity contribution in [2.45, 2.75) is 18.9 Å². The molecular weight excluding hydrogens is 210 g/mol. The average molecular weight is 223 g/mol. The van der Waals surface area contributed by atoms with E-state index in [2.05, 4.69) is 45.4 Å². The lowest BCUT2D eigenvalue weighted by Gasteiger charge is -2.27. The Morgan fingerprint density at radius 3 is 3.18 bits per heavy atom. The molecule has 1 aromatic heterocycles. The number of aryl methyl sites for hydroxylation is 1. The maximum absolute atomic E-state index is 4.57. The van der Waals surface area contributed by atoms with Crippen molar-refractivity contribution in [1.82, 2.24) is 4.98 Å². The van der Waals surface area contributed by atoms with Crippen LogP contribution in [0, 0.1) is 5.92 Å². The topological polar surface area (TPSA) is 40.5 Å². The molecule has 0 saturated carbocycles. The van der Waals surface area contributed by atoms with Crippen molar-refractivity contribution in [3.63, 3.8) is 0 Å². The maximum Gasteiger partial charge on any atom is 0.110 e. The van der Waals surface area contributed by atoms with Crippen LogP contribution in [0.25, 0.3) is 10.9 Å². The zero-order chi connectivity index (χ0) is 11.2. The van der Waals surface area contributed by atoms with Crippen molar-refractivity contribution in [2.24, 2.45) is 15.9 Å². The minimum Gasteiger partial charge on any atom is -0.358 e. The molecule has 0 spiro atoms. The summed E-state index contributed by atoms with van der Waals surface area (Å²) in [6.07, 6.45) is 6.00. The first-order valence-electron chi connectivity index (χ1n) is 6.08. The number of hydrogen-bond acceptors (Lipinski definition) is 2. The van der Waals surface area contributed by atoms with Gasteiger partial charge in [0.15, 0.2) is 0 Å². The lowest BCUT2D eigenvalue weighted by atomic mass is 9.82. The van der Waals surface area contributed by atoms with Crippen LogP contribution in [0.15, 0.2) is 34.3 Å². The summed E-state index contributed by atoms with van der Waals surface area (Å²) in [5, 5.41) is 1.32. The van der Waals surface area contributed by atoms with Gasteiger partial charge in [-0.15, -0.1) is 0 Å². The first-order valence-corrected chi connectivity index (χ1v) is 6.08. The second-order valence-electron chi connectivity index (χ2n) is 4.77. The van der Waals surface area contributed by atoms with Crippen molar-refractivity contribution < 1.29 is 0 Å². The molecule has 3 nitrogen and oxygen atoms in total. The van der Waals surface area contributed by atoms with Gasteiger partial charge in [-0.05, 0) is 18.9 Å². The fourth-order valence-electron chi connectivity index (χ4n) is 3.04. The molecule has 2 aromatic rings. The molecule has 0 saturated heterocycles. The van der Waals surface area contributed by atoms with Gasteiger partial charge >= 0.3 is 0 Å². The molecule has 1 aliphatic carbocycles. The van der Waals surface area contributed by atoms with Gasteiger partial charge in [0.1, 0.15) is 6.34 Å². The van der Waals surface area contributed by atoms with Gasteiger partial charge in [-0.1, -0.05) is 18.2 Å². The van der Waals surface area contributed by atoms with E-state index in [1.165, 1.54) is 22.2 Å². The van der Waals surface area contributed by atoms with E-state index >= 15 is 0 Å². The SMILES string of the molecule is C1=NC=NC2c3c([nH]c4ccccc34)CCC12. The molecule has 2 aliphatic rings. The van der Waals surface area contributed by atoms with Crippen molar-refractivity contribution in [1.29, 1.82) is 0 Å². The third kappa shape index (κ3) is 1.22. The van der Waals surface area contributed by atoms with Crippen molar-refractivity contribution >= 4 is 23.5 Å². The molecule has 2 heterocycles. The van der Waals surface area contributed by atoms with E-state index in [1.54, 1.807) is 6.34 Å². The summed E-state index contributed by atoms with van der Waals surface area (Å²) in [5.41, 5.74) is 3.98. The highest BCUT2D eigenvalue weighted by atomic mass is 14.9. The zero-order valence-electron chi connectivity index (χ0n) is 9.43. The van der Waals surface area contributed by atoms with Crippen LogP contribution in [-0.2, 0) is 6.42 Å². The Balaban J connectivity index is 1.99. The molecule has 0 fully saturated rings. The molecule has 1 aliphatic heterocycles. The van der Waals surface area contributed by atoms with Gasteiger partial charge in [-0.3, -0.25) is 4.99 Å². The summed E-state index contributed by atoms with van der Waals surface area (Å²) >= 11 is 0. The molecule has 1 aromatic carbocycles. The lowest BCUT2D eigenvalue weighted by Crippen LogP contribution is -2.22. The number of H-pyrrole nitrogens is 1. The molecule has 4 rings (SSSR count). The number of nitrogens with one attached hydrogen (secondary N) is 1. The second kappa shape index (κ2) is 3.29. The minimum absolute atomic E-state index is 0.271. The van der Waals surface area contributed by atoms with E-state index in [1.807, 2.05) is 0 Å². The number of para-hydroxylation sites is 1. The Hall–Kier alpha value is -1.90. The van der Waals surface area contributed by atoms with Crippen LogP contribution in [0.4, 0.5) is 0 Å². The summed E-state index contributed by atoms with van der Waals surface area (Å²) in [6.45, 7) is 0. The van der Waals surface area contributed by atoms with Gasteiger partial charge in [0.2, 0.25) is 0 Å². The molecular formula is C14H13N3. The average Bonchev–Trinajstić information content (AvgIpc) is 2.77. The lowest BCUT2D eigenvalue weighted by molar-refractivity contribution is 0.488. The van der Waals surface area contributed by atoms with Gasteiger partial charge in [-0.2, -0.15) is 0 Å². The quantitative estimate of drug-likeness (QED) is 0.713. The van der Waals surface area contributed by atoms with Gasteiger partial charge in [-0.25, -0.2) is 4.99 Å². The summed E-state index contributed by atoms with van der Waals surface area (Å²) in [5.74, 6) is 0.478. The van der Waals surface area contributed by atoms with E-state index in [0.29, 0.717) is 5.92 Å². The van der Waals surface area contributed by atoms with Gasteiger partial charge in [0.05, 0.1) is 6.04 Å². The molecule has 0 radical (unpaired) electrons. The van der Waals surface area contributed by atoms with Gasteiger partial charge in [0.25, 0.3) is 0 Å². The number of rotatable bonds is 0. The number of benzene rings is 1. The third-order valence-corrected chi connectivity index (χ3v) is 3.83. The Kier molecular flexibility index (Phi) is 1.78. The highest BCUT2D eigenvalue weighted by molar-refractivity contribution is 5.87. The summed E-state index contributed by atoms with van der Waals surface area (Å²) in [6, 6.07) is 8.78. The zero-order valence-corrected chi connectivity index (χ0v) is 9.43. The predicted octanol–water partition coefficient (Wildman–Crippen LogP) is 2.88. The number of fused-ring (bicyclic) bond motifs is 5. The fraction of sp³-hybridized carbons (Fsp3) is 0.286. The van der Waals surface area contributed by atoms with E-state index in [-0.39, 0.29) is 6.04 Å². The molecule has 0 amide bonds. The molecule has 2 unspecified atom stereocenters. The van der Waals surface area contributed by atoms with E-state index < -0.39 is 0 Å². The fourth-order valence-corrected chi connectivity index (χ4v) is 3.04. The minimum atomic E-state index is 0.271. The van der Waals surface area contributed by atoms with Crippen molar-refractivity contribution in [3.8, 4) is 0 Å². The first kappa shape index (κ1) is 9.16. The van der Waals surface area contributed by atoms with Gasteiger partial charge < -0.3 is 4.98 Å². The molecule has 1 N–H and O–H groups in total. The van der Waals surface area contributed by atoms with Crippen LogP contribution in [0.2, 0.25) is 0 Å². The summed E-state index contributed by atoms with van der Waals surface area (Å²) in [7, 11) is 0. The smallest absolute Gasteiger partial charge is 0.110 e. The van der Waals surface area contributed by atoms with Crippen molar-refractivity contribution in [3.05, 3.63) is 35.5 Å². The second-order valence-corrected chi connectivity index (χ2v) is 4.77. The molecule has 2 atom stereocenters. The van der Waals surface area contributed by atoms with E-state index in [4.69, 9.17) is 0 Å². The number of aromatic amines is 1. The Bertz CT molecular complexity index is 636. The Morgan fingerprint density at radius 1 is 1.24 bits per heavy atom. The number of hydrogen-bond donors (Lipinski definition) is 1. The predicted molar refractivity (Wildman–Crippen MR) is 69.8 cm³/mol. The number of aliphatic imine (C=N–C) groups is 2. The van der Waals surface area contributed by atoms with Crippen LogP contribution >= 0.6 is 0 Å². The Labute approximate surface area is 99.3 Å².